The fourth-order valence-corrected chi connectivity index (χ4v) is 2.06. The van der Waals surface area contributed by atoms with Gasteiger partial charge in [-0.1, -0.05) is 6.92 Å². The minimum Gasteiger partial charge on any atom is -0.490 e. The molecule has 0 heterocycles. The Bertz CT molecular complexity index is 366. The summed E-state index contributed by atoms with van der Waals surface area (Å²) in [7, 11) is 0. The van der Waals surface area contributed by atoms with Crippen LogP contribution in [0.3, 0.4) is 0 Å². The quantitative estimate of drug-likeness (QED) is 0.866. The fraction of sp³-hybridized carbons (Fsp3) is 0.500. The van der Waals surface area contributed by atoms with Gasteiger partial charge in [-0.15, -0.1) is 0 Å². The van der Waals surface area contributed by atoms with Gasteiger partial charge in [0, 0.05) is 12.1 Å². The highest BCUT2D eigenvalue weighted by molar-refractivity contribution is 5.90. The first kappa shape index (κ1) is 12.0. The van der Waals surface area contributed by atoms with E-state index in [9.17, 15) is 4.79 Å². The zero-order valence-electron chi connectivity index (χ0n) is 10.2. The van der Waals surface area contributed by atoms with Gasteiger partial charge in [0.05, 0.1) is 6.10 Å². The summed E-state index contributed by atoms with van der Waals surface area (Å²) in [5.41, 5.74) is 0.829. The Labute approximate surface area is 102 Å². The molecule has 1 aromatic rings. The Morgan fingerprint density at radius 2 is 1.94 bits per heavy atom. The van der Waals surface area contributed by atoms with Gasteiger partial charge in [0.25, 0.3) is 0 Å². The minimum atomic E-state index is 0.0365. The highest BCUT2D eigenvalue weighted by atomic mass is 16.5. The molecule has 0 aliphatic heterocycles. The van der Waals surface area contributed by atoms with Crippen LogP contribution in [0.5, 0.6) is 5.75 Å². The lowest BCUT2D eigenvalue weighted by Gasteiger charge is -2.13. The summed E-state index contributed by atoms with van der Waals surface area (Å²) in [6, 6.07) is 7.61. The first-order valence-corrected chi connectivity index (χ1v) is 6.34. The molecule has 1 N–H and O–H groups in total. The summed E-state index contributed by atoms with van der Waals surface area (Å²) in [6.45, 7) is 1.84. The molecule has 0 aromatic heterocycles. The summed E-state index contributed by atoms with van der Waals surface area (Å²) in [4.78, 5) is 11.2. The lowest BCUT2D eigenvalue weighted by Crippen LogP contribution is -2.11. The second kappa shape index (κ2) is 5.71. The number of rotatable bonds is 4. The van der Waals surface area contributed by atoms with Crippen LogP contribution in [0.25, 0.3) is 0 Å². The standard InChI is InChI=1S/C14H19NO2/c1-2-14(16)15-11-7-9-13(10-8-11)17-12-5-3-4-6-12/h7-10,12H,2-6H2,1H3,(H,15,16). The van der Waals surface area contributed by atoms with Crippen LogP contribution in [-0.4, -0.2) is 12.0 Å². The molecule has 1 amide bonds. The molecule has 0 radical (unpaired) electrons. The maximum Gasteiger partial charge on any atom is 0.224 e. The Morgan fingerprint density at radius 1 is 1.29 bits per heavy atom. The second-order valence-electron chi connectivity index (χ2n) is 4.45. The van der Waals surface area contributed by atoms with E-state index in [0.717, 1.165) is 24.3 Å². The molecule has 1 fully saturated rings. The first-order chi connectivity index (χ1) is 8.28. The molecule has 1 aliphatic carbocycles. The third-order valence-electron chi connectivity index (χ3n) is 3.06. The Kier molecular flexibility index (Phi) is 4.02. The van der Waals surface area contributed by atoms with Crippen LogP contribution in [0.2, 0.25) is 0 Å². The Hall–Kier alpha value is -1.51. The summed E-state index contributed by atoms with van der Waals surface area (Å²) in [5.74, 6) is 0.931. The van der Waals surface area contributed by atoms with E-state index in [1.165, 1.54) is 12.8 Å². The number of benzene rings is 1. The highest BCUT2D eigenvalue weighted by Gasteiger charge is 2.16. The van der Waals surface area contributed by atoms with E-state index < -0.39 is 0 Å². The molecule has 3 heteroatoms. The molecule has 1 aliphatic rings. The number of ether oxygens (including phenoxy) is 1. The molecular formula is C14H19NO2. The van der Waals surface area contributed by atoms with Gasteiger partial charge in [0.1, 0.15) is 5.75 Å². The fourth-order valence-electron chi connectivity index (χ4n) is 2.06. The van der Waals surface area contributed by atoms with Gasteiger partial charge >= 0.3 is 0 Å². The zero-order chi connectivity index (χ0) is 12.1. The van der Waals surface area contributed by atoms with Crippen molar-refractivity contribution in [3.63, 3.8) is 0 Å². The van der Waals surface area contributed by atoms with E-state index in [1.54, 1.807) is 0 Å². The van der Waals surface area contributed by atoms with Crippen LogP contribution in [0, 0.1) is 0 Å². The van der Waals surface area contributed by atoms with Gasteiger partial charge in [-0.05, 0) is 49.9 Å². The molecule has 2 rings (SSSR count). The lowest BCUT2D eigenvalue weighted by atomic mass is 10.2. The minimum absolute atomic E-state index is 0.0365. The summed E-state index contributed by atoms with van der Waals surface area (Å²) < 4.78 is 5.85. The van der Waals surface area contributed by atoms with Gasteiger partial charge in [0.2, 0.25) is 5.91 Å². The van der Waals surface area contributed by atoms with E-state index >= 15 is 0 Å². The van der Waals surface area contributed by atoms with Crippen molar-refractivity contribution in [1.82, 2.24) is 0 Å². The van der Waals surface area contributed by atoms with Crippen molar-refractivity contribution in [2.24, 2.45) is 0 Å². The molecule has 92 valence electrons. The lowest BCUT2D eigenvalue weighted by molar-refractivity contribution is -0.115. The average molecular weight is 233 g/mol. The summed E-state index contributed by atoms with van der Waals surface area (Å²) in [5, 5.41) is 2.82. The monoisotopic (exact) mass is 233 g/mol. The SMILES string of the molecule is CCC(=O)Nc1ccc(OC2CCCC2)cc1. The number of carbonyl (C=O) groups excluding carboxylic acids is 1. The van der Waals surface area contributed by atoms with Gasteiger partial charge in [0.15, 0.2) is 0 Å². The molecule has 1 aromatic carbocycles. The van der Waals surface area contributed by atoms with Crippen LogP contribution in [0.15, 0.2) is 24.3 Å². The first-order valence-electron chi connectivity index (χ1n) is 6.34. The number of hydrogen-bond acceptors (Lipinski definition) is 2. The van der Waals surface area contributed by atoms with E-state index in [4.69, 9.17) is 4.74 Å². The predicted molar refractivity (Wildman–Crippen MR) is 68.2 cm³/mol. The molecule has 0 spiro atoms. The smallest absolute Gasteiger partial charge is 0.224 e. The van der Waals surface area contributed by atoms with Gasteiger partial charge in [-0.25, -0.2) is 0 Å². The van der Waals surface area contributed by atoms with Crippen molar-refractivity contribution in [2.75, 3.05) is 5.32 Å². The van der Waals surface area contributed by atoms with Crippen LogP contribution in [-0.2, 0) is 4.79 Å². The topological polar surface area (TPSA) is 38.3 Å². The largest absolute Gasteiger partial charge is 0.490 e. The van der Waals surface area contributed by atoms with E-state index in [2.05, 4.69) is 5.32 Å². The number of carbonyl (C=O) groups is 1. The third kappa shape index (κ3) is 3.48. The summed E-state index contributed by atoms with van der Waals surface area (Å²) >= 11 is 0. The highest BCUT2D eigenvalue weighted by Crippen LogP contribution is 2.24. The van der Waals surface area contributed by atoms with Crippen molar-refractivity contribution >= 4 is 11.6 Å². The van der Waals surface area contributed by atoms with Crippen LogP contribution in [0.1, 0.15) is 39.0 Å². The summed E-state index contributed by atoms with van der Waals surface area (Å²) in [6.07, 6.45) is 5.75. The van der Waals surface area contributed by atoms with Crippen LogP contribution in [0.4, 0.5) is 5.69 Å². The predicted octanol–water partition coefficient (Wildman–Crippen LogP) is 3.36. The Morgan fingerprint density at radius 3 is 2.53 bits per heavy atom. The second-order valence-corrected chi connectivity index (χ2v) is 4.45. The third-order valence-corrected chi connectivity index (χ3v) is 3.06. The molecule has 1 saturated carbocycles. The normalized spacial score (nSPS) is 15.8. The molecule has 0 unspecified atom stereocenters. The molecule has 0 saturated heterocycles. The van der Waals surface area contributed by atoms with Crippen molar-refractivity contribution in [1.29, 1.82) is 0 Å². The molecule has 17 heavy (non-hydrogen) atoms. The number of hydrogen-bond donors (Lipinski definition) is 1. The van der Waals surface area contributed by atoms with Gasteiger partial charge < -0.3 is 10.1 Å². The molecule has 0 atom stereocenters. The molecule has 0 bridgehead atoms. The van der Waals surface area contributed by atoms with Crippen molar-refractivity contribution in [3.05, 3.63) is 24.3 Å². The van der Waals surface area contributed by atoms with Gasteiger partial charge in [-0.2, -0.15) is 0 Å². The number of nitrogens with one attached hydrogen (secondary N) is 1. The van der Waals surface area contributed by atoms with E-state index in [1.807, 2.05) is 31.2 Å². The van der Waals surface area contributed by atoms with Gasteiger partial charge in [-0.3, -0.25) is 4.79 Å². The van der Waals surface area contributed by atoms with Crippen molar-refractivity contribution < 1.29 is 9.53 Å². The van der Waals surface area contributed by atoms with Crippen molar-refractivity contribution in [3.8, 4) is 5.75 Å². The number of amides is 1. The molecular weight excluding hydrogens is 214 g/mol. The average Bonchev–Trinajstić information content (AvgIpc) is 2.84. The van der Waals surface area contributed by atoms with E-state index in [-0.39, 0.29) is 5.91 Å². The zero-order valence-corrected chi connectivity index (χ0v) is 10.2. The molecule has 3 nitrogen and oxygen atoms in total. The van der Waals surface area contributed by atoms with Crippen LogP contribution < -0.4 is 10.1 Å². The van der Waals surface area contributed by atoms with E-state index in [0.29, 0.717) is 12.5 Å². The number of anilines is 1. The maximum atomic E-state index is 11.2. The maximum absolute atomic E-state index is 11.2. The van der Waals surface area contributed by atoms with Crippen molar-refractivity contribution in [2.45, 2.75) is 45.1 Å². The Balaban J connectivity index is 1.90. The van der Waals surface area contributed by atoms with Crippen LogP contribution >= 0.6 is 0 Å².